The second-order valence-corrected chi connectivity index (χ2v) is 8.95. The Labute approximate surface area is 145 Å². The number of carbonyl (C=O) groups excluding carboxylic acids is 1. The van der Waals surface area contributed by atoms with Crippen LogP contribution in [0.5, 0.6) is 0 Å². The summed E-state index contributed by atoms with van der Waals surface area (Å²) in [6.07, 6.45) is 6.05. The van der Waals surface area contributed by atoms with Crippen molar-refractivity contribution in [1.82, 2.24) is 4.90 Å². The van der Waals surface area contributed by atoms with Crippen LogP contribution < -0.4 is 5.14 Å². The van der Waals surface area contributed by atoms with Crippen LogP contribution in [0.2, 0.25) is 0 Å². The van der Waals surface area contributed by atoms with Gasteiger partial charge in [0.25, 0.3) is 5.91 Å². The topological polar surface area (TPSA) is 80.5 Å². The number of nitrogens with two attached hydrogens (primary N) is 1. The van der Waals surface area contributed by atoms with E-state index in [9.17, 15) is 13.2 Å². The molecule has 0 radical (unpaired) electrons. The minimum absolute atomic E-state index is 0.0309. The largest absolute Gasteiger partial charge is 0.338 e. The zero-order valence-electron chi connectivity index (χ0n) is 12.9. The molecule has 2 atom stereocenters. The summed E-state index contributed by atoms with van der Waals surface area (Å²) in [7, 11) is -3.82. The monoisotopic (exact) mass is 400 g/mol. The molecule has 1 saturated heterocycles. The summed E-state index contributed by atoms with van der Waals surface area (Å²) in [5.41, 5.74) is 0.366. The fourth-order valence-corrected chi connectivity index (χ4v) is 4.76. The third-order valence-corrected chi connectivity index (χ3v) is 6.68. The molecule has 0 bridgehead atoms. The number of nitrogens with zero attached hydrogens (tertiary/aromatic N) is 1. The summed E-state index contributed by atoms with van der Waals surface area (Å²) in [4.78, 5) is 14.7. The van der Waals surface area contributed by atoms with E-state index < -0.39 is 10.0 Å². The van der Waals surface area contributed by atoms with E-state index >= 15 is 0 Å². The van der Waals surface area contributed by atoms with Crippen LogP contribution in [-0.2, 0) is 10.0 Å². The molecule has 1 saturated carbocycles. The fourth-order valence-electron chi connectivity index (χ4n) is 3.80. The van der Waals surface area contributed by atoms with Gasteiger partial charge in [-0.25, -0.2) is 13.6 Å². The number of carbonyl (C=O) groups is 1. The van der Waals surface area contributed by atoms with Gasteiger partial charge in [0, 0.05) is 17.6 Å². The Morgan fingerprint density at radius 1 is 1.17 bits per heavy atom. The van der Waals surface area contributed by atoms with Crippen molar-refractivity contribution < 1.29 is 13.2 Å². The molecule has 1 aliphatic carbocycles. The van der Waals surface area contributed by atoms with Crippen molar-refractivity contribution in [3.05, 3.63) is 28.2 Å². The number of hydrogen-bond acceptors (Lipinski definition) is 3. The van der Waals surface area contributed by atoms with Crippen LogP contribution in [0, 0.1) is 11.8 Å². The van der Waals surface area contributed by atoms with E-state index in [1.165, 1.54) is 37.8 Å². The number of rotatable bonds is 2. The van der Waals surface area contributed by atoms with E-state index in [4.69, 9.17) is 5.14 Å². The van der Waals surface area contributed by atoms with Crippen molar-refractivity contribution >= 4 is 31.9 Å². The van der Waals surface area contributed by atoms with Gasteiger partial charge < -0.3 is 4.90 Å². The van der Waals surface area contributed by atoms with Gasteiger partial charge in [-0.1, -0.05) is 19.3 Å². The van der Waals surface area contributed by atoms with Crippen LogP contribution in [0.3, 0.4) is 0 Å². The van der Waals surface area contributed by atoms with Gasteiger partial charge in [0.15, 0.2) is 0 Å². The minimum atomic E-state index is -3.82. The molecule has 2 aliphatic rings. The first-order valence-corrected chi connectivity index (χ1v) is 10.3. The normalized spacial score (nSPS) is 25.0. The van der Waals surface area contributed by atoms with Gasteiger partial charge in [0.05, 0.1) is 10.5 Å². The molecular formula is C16H21BrN2O3S. The van der Waals surface area contributed by atoms with Gasteiger partial charge in [0.2, 0.25) is 10.0 Å². The third kappa shape index (κ3) is 3.61. The minimum Gasteiger partial charge on any atom is -0.338 e. The number of likely N-dealkylation sites (tertiary alicyclic amines) is 1. The van der Waals surface area contributed by atoms with Crippen LogP contribution in [0.1, 0.15) is 42.5 Å². The molecule has 0 aromatic heterocycles. The summed E-state index contributed by atoms with van der Waals surface area (Å²) in [6.45, 7) is 1.52. The lowest BCUT2D eigenvalue weighted by Crippen LogP contribution is -2.44. The summed E-state index contributed by atoms with van der Waals surface area (Å²) in [6, 6.07) is 4.35. The maximum absolute atomic E-state index is 12.8. The predicted molar refractivity (Wildman–Crippen MR) is 91.5 cm³/mol. The van der Waals surface area contributed by atoms with E-state index in [1.807, 2.05) is 4.90 Å². The number of hydrogen-bond donors (Lipinski definition) is 1. The number of primary sulfonamides is 1. The zero-order chi connectivity index (χ0) is 16.6. The van der Waals surface area contributed by atoms with Crippen LogP contribution in [-0.4, -0.2) is 32.3 Å². The number of halogens is 1. The lowest BCUT2D eigenvalue weighted by Gasteiger charge is -2.41. The first kappa shape index (κ1) is 16.9. The highest BCUT2D eigenvalue weighted by Gasteiger charge is 2.33. The Hall–Kier alpha value is -0.920. The molecule has 1 aromatic carbocycles. The van der Waals surface area contributed by atoms with Crippen molar-refractivity contribution in [2.75, 3.05) is 13.1 Å². The first-order valence-electron chi connectivity index (χ1n) is 7.98. The summed E-state index contributed by atoms with van der Waals surface area (Å²) in [5.74, 6) is 1.21. The predicted octanol–water partition coefficient (Wildman–Crippen LogP) is 2.75. The molecule has 1 aromatic rings. The summed E-state index contributed by atoms with van der Waals surface area (Å²) in [5, 5.41) is 5.17. The molecule has 5 nitrogen and oxygen atoms in total. The van der Waals surface area contributed by atoms with Gasteiger partial charge in [-0.15, -0.1) is 0 Å². The number of piperidine rings is 1. The molecule has 2 fully saturated rings. The molecule has 1 aliphatic heterocycles. The highest BCUT2D eigenvalue weighted by atomic mass is 79.9. The molecule has 0 unspecified atom stereocenters. The lowest BCUT2D eigenvalue weighted by molar-refractivity contribution is 0.0520. The number of amides is 1. The number of fused-ring (bicyclic) bond motifs is 1. The molecule has 1 amide bonds. The van der Waals surface area contributed by atoms with E-state index in [0.29, 0.717) is 16.0 Å². The SMILES string of the molecule is NS(=O)(=O)c1ccc(Br)c(C(=O)N2CC[C@H]3CCCC[C@@H]3C2)c1. The standard InChI is InChI=1S/C16H21BrN2O3S/c17-15-6-5-13(23(18,21)22)9-14(15)16(20)19-8-7-11-3-1-2-4-12(11)10-19/h5-6,9,11-12H,1-4,7-8,10H2,(H2,18,21,22)/t11-,12-/m1/s1. The zero-order valence-corrected chi connectivity index (χ0v) is 15.3. The van der Waals surface area contributed by atoms with E-state index in [2.05, 4.69) is 15.9 Å². The summed E-state index contributed by atoms with van der Waals surface area (Å²) < 4.78 is 23.6. The van der Waals surface area contributed by atoms with Crippen molar-refractivity contribution in [2.24, 2.45) is 17.0 Å². The second-order valence-electron chi connectivity index (χ2n) is 6.53. The van der Waals surface area contributed by atoms with Gasteiger partial charge >= 0.3 is 0 Å². The highest BCUT2D eigenvalue weighted by Crippen LogP contribution is 2.36. The quantitative estimate of drug-likeness (QED) is 0.828. The van der Waals surface area contributed by atoms with Gasteiger partial charge in [-0.05, 0) is 58.8 Å². The second kappa shape index (κ2) is 6.53. The molecule has 0 spiro atoms. The van der Waals surface area contributed by atoms with Gasteiger partial charge in [0.1, 0.15) is 0 Å². The van der Waals surface area contributed by atoms with Crippen LogP contribution >= 0.6 is 15.9 Å². The Kier molecular flexibility index (Phi) is 4.80. The number of benzene rings is 1. The van der Waals surface area contributed by atoms with E-state index in [1.54, 1.807) is 6.07 Å². The van der Waals surface area contributed by atoms with E-state index in [-0.39, 0.29) is 10.8 Å². The lowest BCUT2D eigenvalue weighted by atomic mass is 9.75. The van der Waals surface area contributed by atoms with Gasteiger partial charge in [-0.3, -0.25) is 4.79 Å². The summed E-state index contributed by atoms with van der Waals surface area (Å²) >= 11 is 3.35. The van der Waals surface area contributed by atoms with Crippen molar-refractivity contribution in [1.29, 1.82) is 0 Å². The maximum Gasteiger partial charge on any atom is 0.255 e. The Bertz CT molecular complexity index is 720. The van der Waals surface area contributed by atoms with Crippen LogP contribution in [0.4, 0.5) is 0 Å². The number of sulfonamides is 1. The molecule has 23 heavy (non-hydrogen) atoms. The molecule has 1 heterocycles. The van der Waals surface area contributed by atoms with Crippen molar-refractivity contribution in [3.8, 4) is 0 Å². The van der Waals surface area contributed by atoms with Gasteiger partial charge in [-0.2, -0.15) is 0 Å². The Morgan fingerprint density at radius 2 is 1.87 bits per heavy atom. The average molecular weight is 401 g/mol. The Morgan fingerprint density at radius 3 is 2.57 bits per heavy atom. The first-order chi connectivity index (χ1) is 10.9. The molecule has 126 valence electrons. The fraction of sp³-hybridized carbons (Fsp3) is 0.562. The molecule has 2 N–H and O–H groups in total. The highest BCUT2D eigenvalue weighted by molar-refractivity contribution is 9.10. The Balaban J connectivity index is 1.83. The average Bonchev–Trinajstić information content (AvgIpc) is 2.53. The molecule has 3 rings (SSSR count). The van der Waals surface area contributed by atoms with Crippen molar-refractivity contribution in [3.63, 3.8) is 0 Å². The van der Waals surface area contributed by atoms with Crippen LogP contribution in [0.25, 0.3) is 0 Å². The third-order valence-electron chi connectivity index (χ3n) is 5.08. The molecular weight excluding hydrogens is 380 g/mol. The van der Waals surface area contributed by atoms with E-state index in [0.717, 1.165) is 25.4 Å². The van der Waals surface area contributed by atoms with Crippen LogP contribution in [0.15, 0.2) is 27.6 Å². The smallest absolute Gasteiger partial charge is 0.255 e. The maximum atomic E-state index is 12.8. The van der Waals surface area contributed by atoms with Crippen molar-refractivity contribution in [2.45, 2.75) is 37.0 Å². The molecule has 7 heteroatoms.